The normalized spacial score (nSPS) is 12.8. The molecule has 1 N–H and O–H groups in total. The summed E-state index contributed by atoms with van der Waals surface area (Å²) in [5, 5.41) is 3.42. The second-order valence-electron chi connectivity index (χ2n) is 5.77. The van der Waals surface area contributed by atoms with Crippen LogP contribution in [0.1, 0.15) is 19.4 Å². The quantitative estimate of drug-likeness (QED) is 0.723. The maximum absolute atomic E-state index is 12.1. The van der Waals surface area contributed by atoms with Crippen LogP contribution in [0.4, 0.5) is 5.69 Å². The number of anilines is 1. The Morgan fingerprint density at radius 3 is 2.27 bits per heavy atom. The van der Waals surface area contributed by atoms with Crippen LogP contribution in [0.15, 0.2) is 42.5 Å². The summed E-state index contributed by atoms with van der Waals surface area (Å²) < 4.78 is 10.6. The molecule has 0 spiro atoms. The molecule has 2 rings (SSSR count). The van der Waals surface area contributed by atoms with E-state index in [-0.39, 0.29) is 5.02 Å². The minimum absolute atomic E-state index is 0.280. The number of benzene rings is 2. The van der Waals surface area contributed by atoms with E-state index in [4.69, 9.17) is 32.7 Å². The highest BCUT2D eigenvalue weighted by molar-refractivity contribution is 6.35. The number of carbonyl (C=O) groups excluding carboxylic acids is 2. The Kier molecular flexibility index (Phi) is 6.89. The SMILES string of the molecule is Cc1ccc(NC(=O)[C@@H](C)OC(=O)[C@@H](C)Oc2ccc(Cl)cc2Cl)cc1. The molecule has 0 aliphatic carbocycles. The molecule has 1 amide bonds. The fourth-order valence-corrected chi connectivity index (χ4v) is 2.47. The van der Waals surface area contributed by atoms with Crippen LogP contribution in [-0.4, -0.2) is 24.1 Å². The molecule has 0 saturated heterocycles. The summed E-state index contributed by atoms with van der Waals surface area (Å²) in [4.78, 5) is 24.3. The van der Waals surface area contributed by atoms with Gasteiger partial charge in [0.15, 0.2) is 12.2 Å². The van der Waals surface area contributed by atoms with E-state index in [1.165, 1.54) is 19.9 Å². The van der Waals surface area contributed by atoms with Gasteiger partial charge in [0.25, 0.3) is 5.91 Å². The summed E-state index contributed by atoms with van der Waals surface area (Å²) >= 11 is 11.8. The molecule has 2 aromatic carbocycles. The van der Waals surface area contributed by atoms with E-state index >= 15 is 0 Å². The summed E-state index contributed by atoms with van der Waals surface area (Å²) in [5.74, 6) is -0.807. The molecule has 0 aromatic heterocycles. The molecule has 7 heteroatoms. The maximum atomic E-state index is 12.1. The van der Waals surface area contributed by atoms with Crippen molar-refractivity contribution in [1.82, 2.24) is 0 Å². The van der Waals surface area contributed by atoms with Crippen LogP contribution in [0, 0.1) is 6.92 Å². The van der Waals surface area contributed by atoms with E-state index in [9.17, 15) is 9.59 Å². The first-order chi connectivity index (χ1) is 12.3. The van der Waals surface area contributed by atoms with Gasteiger partial charge in [-0.2, -0.15) is 0 Å². The molecule has 0 radical (unpaired) electrons. The Morgan fingerprint density at radius 2 is 1.65 bits per heavy atom. The van der Waals surface area contributed by atoms with Crippen molar-refractivity contribution in [3.05, 3.63) is 58.1 Å². The number of hydrogen-bond donors (Lipinski definition) is 1. The lowest BCUT2D eigenvalue weighted by Crippen LogP contribution is -2.35. The van der Waals surface area contributed by atoms with Gasteiger partial charge in [0.1, 0.15) is 5.75 Å². The molecule has 0 bridgehead atoms. The van der Waals surface area contributed by atoms with E-state index in [1.54, 1.807) is 24.3 Å². The zero-order chi connectivity index (χ0) is 19.3. The number of aryl methyl sites for hydroxylation is 1. The van der Waals surface area contributed by atoms with Gasteiger partial charge in [-0.05, 0) is 51.1 Å². The highest BCUT2D eigenvalue weighted by atomic mass is 35.5. The van der Waals surface area contributed by atoms with Crippen molar-refractivity contribution in [3.8, 4) is 5.75 Å². The first-order valence-corrected chi connectivity index (χ1v) is 8.71. The third-order valence-corrected chi connectivity index (χ3v) is 4.04. The standard InChI is InChI=1S/C19H19Cl2NO4/c1-11-4-7-15(8-5-11)22-18(23)12(2)26-19(24)13(3)25-17-9-6-14(20)10-16(17)21/h4-10,12-13H,1-3H3,(H,22,23)/t12-,13-/m1/s1. The average molecular weight is 396 g/mol. The molecule has 0 saturated carbocycles. The molecule has 0 heterocycles. The summed E-state index contributed by atoms with van der Waals surface area (Å²) in [5.41, 5.74) is 1.70. The molecule has 138 valence electrons. The molecule has 0 unspecified atom stereocenters. The largest absolute Gasteiger partial charge is 0.477 e. The summed E-state index contributed by atoms with van der Waals surface area (Å²) in [6, 6.07) is 12.0. The van der Waals surface area contributed by atoms with E-state index in [0.717, 1.165) is 5.56 Å². The average Bonchev–Trinajstić information content (AvgIpc) is 2.59. The Labute approximate surface area is 162 Å². The minimum Gasteiger partial charge on any atom is -0.477 e. The van der Waals surface area contributed by atoms with Crippen LogP contribution in [-0.2, 0) is 14.3 Å². The third-order valence-electron chi connectivity index (χ3n) is 3.51. The minimum atomic E-state index is -0.976. The Morgan fingerprint density at radius 1 is 1.00 bits per heavy atom. The lowest BCUT2D eigenvalue weighted by molar-refractivity contribution is -0.159. The Balaban J connectivity index is 1.90. The van der Waals surface area contributed by atoms with Crippen LogP contribution in [0.5, 0.6) is 5.75 Å². The summed E-state index contributed by atoms with van der Waals surface area (Å²) in [6.45, 7) is 4.95. The lowest BCUT2D eigenvalue weighted by atomic mass is 10.2. The first kappa shape index (κ1) is 20.1. The fourth-order valence-electron chi connectivity index (χ4n) is 2.01. The zero-order valence-corrected chi connectivity index (χ0v) is 16.1. The van der Waals surface area contributed by atoms with Crippen LogP contribution >= 0.6 is 23.2 Å². The van der Waals surface area contributed by atoms with Crippen LogP contribution in [0.3, 0.4) is 0 Å². The van der Waals surface area contributed by atoms with E-state index in [2.05, 4.69) is 5.32 Å². The van der Waals surface area contributed by atoms with Gasteiger partial charge in [-0.1, -0.05) is 40.9 Å². The van der Waals surface area contributed by atoms with Crippen molar-refractivity contribution >= 4 is 40.8 Å². The summed E-state index contributed by atoms with van der Waals surface area (Å²) in [7, 11) is 0. The van der Waals surface area contributed by atoms with Gasteiger partial charge in [-0.25, -0.2) is 4.79 Å². The number of rotatable bonds is 6. The van der Waals surface area contributed by atoms with E-state index < -0.39 is 24.1 Å². The van der Waals surface area contributed by atoms with E-state index in [0.29, 0.717) is 16.5 Å². The molecule has 2 atom stereocenters. The van der Waals surface area contributed by atoms with Gasteiger partial charge >= 0.3 is 5.97 Å². The van der Waals surface area contributed by atoms with Crippen LogP contribution < -0.4 is 10.1 Å². The summed E-state index contributed by atoms with van der Waals surface area (Å²) in [6.07, 6.45) is -1.92. The predicted molar refractivity (Wildman–Crippen MR) is 102 cm³/mol. The van der Waals surface area contributed by atoms with Gasteiger partial charge in [0.05, 0.1) is 5.02 Å². The molecule has 2 aromatic rings. The smallest absolute Gasteiger partial charge is 0.347 e. The molecule has 0 fully saturated rings. The molecule has 26 heavy (non-hydrogen) atoms. The predicted octanol–water partition coefficient (Wildman–Crippen LogP) is 4.64. The lowest BCUT2D eigenvalue weighted by Gasteiger charge is -2.18. The number of carbonyl (C=O) groups is 2. The molecule has 0 aliphatic rings. The number of ether oxygens (including phenoxy) is 2. The van der Waals surface area contributed by atoms with Gasteiger partial charge in [0, 0.05) is 10.7 Å². The third kappa shape index (κ3) is 5.64. The number of amides is 1. The molecular weight excluding hydrogens is 377 g/mol. The maximum Gasteiger partial charge on any atom is 0.347 e. The van der Waals surface area contributed by atoms with Crippen molar-refractivity contribution < 1.29 is 19.1 Å². The highest BCUT2D eigenvalue weighted by Crippen LogP contribution is 2.28. The second-order valence-corrected chi connectivity index (χ2v) is 6.61. The van der Waals surface area contributed by atoms with Gasteiger partial charge in [-0.3, -0.25) is 4.79 Å². The Hall–Kier alpha value is -2.24. The highest BCUT2D eigenvalue weighted by Gasteiger charge is 2.24. The topological polar surface area (TPSA) is 64.6 Å². The zero-order valence-electron chi connectivity index (χ0n) is 14.6. The van der Waals surface area contributed by atoms with Gasteiger partial charge in [-0.15, -0.1) is 0 Å². The number of hydrogen-bond acceptors (Lipinski definition) is 4. The number of nitrogens with one attached hydrogen (secondary N) is 1. The number of halogens is 2. The van der Waals surface area contributed by atoms with Crippen molar-refractivity contribution in [2.45, 2.75) is 33.0 Å². The monoisotopic (exact) mass is 395 g/mol. The van der Waals surface area contributed by atoms with Crippen LogP contribution in [0.25, 0.3) is 0 Å². The number of esters is 1. The van der Waals surface area contributed by atoms with Crippen LogP contribution in [0.2, 0.25) is 10.0 Å². The van der Waals surface area contributed by atoms with Crippen molar-refractivity contribution in [2.24, 2.45) is 0 Å². The fraction of sp³-hybridized carbons (Fsp3) is 0.263. The first-order valence-electron chi connectivity index (χ1n) is 7.96. The van der Waals surface area contributed by atoms with Crippen molar-refractivity contribution in [3.63, 3.8) is 0 Å². The van der Waals surface area contributed by atoms with Gasteiger partial charge < -0.3 is 14.8 Å². The van der Waals surface area contributed by atoms with Crippen molar-refractivity contribution in [2.75, 3.05) is 5.32 Å². The molecule has 0 aliphatic heterocycles. The second kappa shape index (κ2) is 8.92. The van der Waals surface area contributed by atoms with Gasteiger partial charge in [0.2, 0.25) is 0 Å². The van der Waals surface area contributed by atoms with E-state index in [1.807, 2.05) is 19.1 Å². The molecular formula is C19H19Cl2NO4. The Bertz CT molecular complexity index is 793. The van der Waals surface area contributed by atoms with Crippen molar-refractivity contribution in [1.29, 1.82) is 0 Å². The molecule has 5 nitrogen and oxygen atoms in total.